The topological polar surface area (TPSA) is 87.8 Å². The molecule has 28 heavy (non-hydrogen) atoms. The third kappa shape index (κ3) is 3.91. The van der Waals surface area contributed by atoms with Gasteiger partial charge in [-0.2, -0.15) is 0 Å². The summed E-state index contributed by atoms with van der Waals surface area (Å²) < 4.78 is 11.7. The Hall–Kier alpha value is -2.74. The van der Waals surface area contributed by atoms with Crippen molar-refractivity contribution in [1.29, 1.82) is 0 Å². The molecule has 2 N–H and O–H groups in total. The number of nitrogens with one attached hydrogen (secondary N) is 1. The Morgan fingerprint density at radius 1 is 1.21 bits per heavy atom. The van der Waals surface area contributed by atoms with Crippen molar-refractivity contribution < 1.29 is 19.2 Å². The van der Waals surface area contributed by atoms with Gasteiger partial charge in [0.15, 0.2) is 5.58 Å². The minimum absolute atomic E-state index is 0.231. The Bertz CT molecular complexity index is 990. The lowest BCUT2D eigenvalue weighted by Gasteiger charge is -2.35. The van der Waals surface area contributed by atoms with Gasteiger partial charge < -0.3 is 9.15 Å². The number of amides is 1. The van der Waals surface area contributed by atoms with Gasteiger partial charge in [0, 0.05) is 30.8 Å². The summed E-state index contributed by atoms with van der Waals surface area (Å²) in [6.45, 7) is 6.86. The largest absolute Gasteiger partial charge is 0.436 e. The molecule has 0 radical (unpaired) electrons. The molecule has 3 aromatic rings. The van der Waals surface area contributed by atoms with Gasteiger partial charge in [0.2, 0.25) is 5.89 Å². The summed E-state index contributed by atoms with van der Waals surface area (Å²) in [7, 11) is 0. The fourth-order valence-corrected chi connectivity index (χ4v) is 3.73. The smallest absolute Gasteiger partial charge is 0.274 e. The number of carbonyl (C=O) groups excluding carboxylic acids is 1. The van der Waals surface area contributed by atoms with Crippen LogP contribution in [-0.2, 0) is 11.3 Å². The maximum Gasteiger partial charge on any atom is 0.274 e. The molecule has 7 nitrogen and oxygen atoms in total. The minimum Gasteiger partial charge on any atom is -0.436 e. The van der Waals surface area contributed by atoms with E-state index in [1.54, 1.807) is 23.7 Å². The van der Waals surface area contributed by atoms with Crippen LogP contribution in [-0.4, -0.2) is 46.3 Å². The number of carbonyl (C=O) groups is 1. The molecule has 1 aliphatic heterocycles. The van der Waals surface area contributed by atoms with E-state index < -0.39 is 5.91 Å². The fraction of sp³-hybridized carbons (Fsp3) is 0.333. The first-order valence-electron chi connectivity index (χ1n) is 9.34. The molecule has 1 fully saturated rings. The Labute approximate surface area is 162 Å². The van der Waals surface area contributed by atoms with Gasteiger partial charge in [-0.25, -0.2) is 10.5 Å². The summed E-state index contributed by atoms with van der Waals surface area (Å²) in [6, 6.07) is 13.0. The average molecular weight is 381 g/mol. The zero-order chi connectivity index (χ0) is 19.7. The van der Waals surface area contributed by atoms with Crippen LogP contribution in [0.4, 0.5) is 0 Å². The standard InChI is InChI=1S/C21H23N3O4/c1-13-10-24(11-14(2)27-13)12-15-4-3-5-17(8-15)21-22-18-9-16(20(25)23-26)6-7-19(18)28-21/h3-9,13-14,26H,10-12H2,1-2H3,(H,23,25). The van der Waals surface area contributed by atoms with Gasteiger partial charge in [0.25, 0.3) is 5.91 Å². The number of ether oxygens (including phenoxy) is 1. The van der Waals surface area contributed by atoms with Crippen molar-refractivity contribution in [2.24, 2.45) is 0 Å². The molecule has 146 valence electrons. The molecule has 2 aromatic carbocycles. The fourth-order valence-electron chi connectivity index (χ4n) is 3.73. The normalized spacial score (nSPS) is 20.4. The van der Waals surface area contributed by atoms with Crippen LogP contribution in [0.25, 0.3) is 22.6 Å². The second-order valence-electron chi connectivity index (χ2n) is 7.29. The van der Waals surface area contributed by atoms with Crippen LogP contribution in [0, 0.1) is 0 Å². The molecule has 0 bridgehead atoms. The first kappa shape index (κ1) is 18.6. The summed E-state index contributed by atoms with van der Waals surface area (Å²) in [5.41, 5.74) is 5.17. The second-order valence-corrected chi connectivity index (χ2v) is 7.29. The van der Waals surface area contributed by atoms with Crippen LogP contribution < -0.4 is 5.48 Å². The van der Waals surface area contributed by atoms with E-state index in [9.17, 15) is 4.79 Å². The third-order valence-electron chi connectivity index (χ3n) is 4.83. The van der Waals surface area contributed by atoms with Crippen LogP contribution >= 0.6 is 0 Å². The summed E-state index contributed by atoms with van der Waals surface area (Å²) in [4.78, 5) is 18.5. The molecule has 2 atom stereocenters. The van der Waals surface area contributed by atoms with Crippen molar-refractivity contribution in [3.63, 3.8) is 0 Å². The summed E-state index contributed by atoms with van der Waals surface area (Å²) in [5, 5.41) is 8.79. The molecule has 1 aliphatic rings. The third-order valence-corrected chi connectivity index (χ3v) is 4.83. The molecule has 2 unspecified atom stereocenters. The van der Waals surface area contributed by atoms with Crippen molar-refractivity contribution in [2.75, 3.05) is 13.1 Å². The molecule has 1 aromatic heterocycles. The number of aromatic nitrogens is 1. The molecule has 0 saturated carbocycles. The Kier molecular flexibility index (Phi) is 5.13. The SMILES string of the molecule is CC1CN(Cc2cccc(-c3nc4cc(C(=O)NO)ccc4o3)c2)CC(C)O1. The minimum atomic E-state index is -0.581. The van der Waals surface area contributed by atoms with Crippen LogP contribution in [0.5, 0.6) is 0 Å². The highest BCUT2D eigenvalue weighted by molar-refractivity contribution is 5.96. The van der Waals surface area contributed by atoms with Crippen LogP contribution in [0.15, 0.2) is 46.9 Å². The highest BCUT2D eigenvalue weighted by Crippen LogP contribution is 2.26. The quantitative estimate of drug-likeness (QED) is 0.533. The van der Waals surface area contributed by atoms with E-state index in [1.165, 1.54) is 5.56 Å². The van der Waals surface area contributed by atoms with E-state index in [2.05, 4.69) is 35.9 Å². The van der Waals surface area contributed by atoms with E-state index in [0.717, 1.165) is 25.2 Å². The number of hydrogen-bond acceptors (Lipinski definition) is 6. The number of morpholine rings is 1. The zero-order valence-electron chi connectivity index (χ0n) is 15.9. The van der Waals surface area contributed by atoms with Gasteiger partial charge in [-0.1, -0.05) is 12.1 Å². The summed E-state index contributed by atoms with van der Waals surface area (Å²) in [6.07, 6.45) is 0.462. The van der Waals surface area contributed by atoms with Crippen LogP contribution in [0.3, 0.4) is 0 Å². The van der Waals surface area contributed by atoms with Crippen molar-refractivity contribution in [3.8, 4) is 11.5 Å². The molecule has 4 rings (SSSR count). The van der Waals surface area contributed by atoms with E-state index >= 15 is 0 Å². The maximum absolute atomic E-state index is 11.6. The van der Waals surface area contributed by atoms with Gasteiger partial charge in [0.05, 0.1) is 12.2 Å². The Morgan fingerprint density at radius 3 is 2.75 bits per heavy atom. The lowest BCUT2D eigenvalue weighted by molar-refractivity contribution is -0.0704. The van der Waals surface area contributed by atoms with E-state index in [-0.39, 0.29) is 12.2 Å². The number of oxazole rings is 1. The van der Waals surface area contributed by atoms with E-state index in [4.69, 9.17) is 14.4 Å². The average Bonchev–Trinajstić information content (AvgIpc) is 3.10. The van der Waals surface area contributed by atoms with Crippen molar-refractivity contribution in [2.45, 2.75) is 32.6 Å². The molecule has 1 saturated heterocycles. The number of nitrogens with zero attached hydrogens (tertiary/aromatic N) is 2. The molecule has 1 amide bonds. The first-order chi connectivity index (χ1) is 13.5. The Morgan fingerprint density at radius 2 is 2.00 bits per heavy atom. The highest BCUT2D eigenvalue weighted by Gasteiger charge is 2.22. The molecule has 7 heteroatoms. The molecule has 0 spiro atoms. The van der Waals surface area contributed by atoms with Gasteiger partial charge in [-0.15, -0.1) is 0 Å². The van der Waals surface area contributed by atoms with Gasteiger partial charge >= 0.3 is 0 Å². The van der Waals surface area contributed by atoms with E-state index in [1.807, 2.05) is 12.1 Å². The number of rotatable bonds is 4. The Balaban J connectivity index is 1.57. The monoisotopic (exact) mass is 381 g/mol. The van der Waals surface area contributed by atoms with Crippen LogP contribution in [0.2, 0.25) is 0 Å². The summed E-state index contributed by atoms with van der Waals surface area (Å²) >= 11 is 0. The first-order valence-corrected chi connectivity index (χ1v) is 9.34. The predicted octanol–water partition coefficient (Wildman–Crippen LogP) is 3.22. The lowest BCUT2D eigenvalue weighted by atomic mass is 10.1. The predicted molar refractivity (Wildman–Crippen MR) is 104 cm³/mol. The zero-order valence-corrected chi connectivity index (χ0v) is 15.9. The molecule has 2 heterocycles. The van der Waals surface area contributed by atoms with Crippen LogP contribution in [0.1, 0.15) is 29.8 Å². The summed E-state index contributed by atoms with van der Waals surface area (Å²) in [5.74, 6) is -0.0791. The number of hydrogen-bond donors (Lipinski definition) is 2. The number of benzene rings is 2. The maximum atomic E-state index is 11.6. The van der Waals surface area contributed by atoms with Crippen molar-refractivity contribution in [1.82, 2.24) is 15.4 Å². The molecule has 0 aliphatic carbocycles. The van der Waals surface area contributed by atoms with Crippen molar-refractivity contribution in [3.05, 3.63) is 53.6 Å². The van der Waals surface area contributed by atoms with Crippen molar-refractivity contribution >= 4 is 17.0 Å². The van der Waals surface area contributed by atoms with Gasteiger partial charge in [-0.3, -0.25) is 14.9 Å². The molecular formula is C21H23N3O4. The highest BCUT2D eigenvalue weighted by atomic mass is 16.5. The number of fused-ring (bicyclic) bond motifs is 1. The van der Waals surface area contributed by atoms with E-state index in [0.29, 0.717) is 22.6 Å². The van der Waals surface area contributed by atoms with Gasteiger partial charge in [-0.05, 0) is 49.7 Å². The lowest BCUT2D eigenvalue weighted by Crippen LogP contribution is -2.44. The van der Waals surface area contributed by atoms with Gasteiger partial charge in [0.1, 0.15) is 5.52 Å². The second kappa shape index (κ2) is 7.71. The molecular weight excluding hydrogens is 358 g/mol. The number of hydroxylamine groups is 1.